The highest BCUT2D eigenvalue weighted by Crippen LogP contribution is 2.20. The monoisotopic (exact) mass is 248 g/mol. The Kier molecular flexibility index (Phi) is 3.65. The number of halogens is 1. The molecule has 1 N–H and O–H groups in total. The van der Waals surface area contributed by atoms with Gasteiger partial charge in [0.1, 0.15) is 5.82 Å². The van der Waals surface area contributed by atoms with Crippen LogP contribution < -0.4 is 0 Å². The van der Waals surface area contributed by atoms with E-state index in [1.54, 1.807) is 17.2 Å². The molecule has 0 aliphatic rings. The predicted octanol–water partition coefficient (Wildman–Crippen LogP) is 2.72. The number of nitrogens with zero attached hydrogens (tertiary/aromatic N) is 1. The molecule has 3 nitrogen and oxygen atoms in total. The maximum atomic E-state index is 13.1. The number of aromatic nitrogens is 1. The molecule has 96 valence electrons. The minimum Gasteiger partial charge on any atom is -0.361 e. The predicted molar refractivity (Wildman–Crippen MR) is 69.9 cm³/mol. The molecule has 0 saturated carbocycles. The highest BCUT2D eigenvalue weighted by molar-refractivity contribution is 5.88. The summed E-state index contributed by atoms with van der Waals surface area (Å²) >= 11 is 0. The van der Waals surface area contributed by atoms with E-state index < -0.39 is 0 Å². The first-order chi connectivity index (χ1) is 8.65. The average molecular weight is 248 g/mol. The molecule has 0 spiro atoms. The first-order valence-electron chi connectivity index (χ1n) is 6.19. The lowest BCUT2D eigenvalue weighted by Crippen LogP contribution is -2.31. The van der Waals surface area contributed by atoms with Crippen molar-refractivity contribution in [2.24, 2.45) is 0 Å². The van der Waals surface area contributed by atoms with Gasteiger partial charge in [0.05, 0.1) is 6.42 Å². The quantitative estimate of drug-likeness (QED) is 0.887. The lowest BCUT2D eigenvalue weighted by atomic mass is 10.1. The van der Waals surface area contributed by atoms with Gasteiger partial charge in [0, 0.05) is 30.2 Å². The van der Waals surface area contributed by atoms with E-state index in [0.717, 1.165) is 16.5 Å². The molecule has 0 aliphatic carbocycles. The first kappa shape index (κ1) is 12.6. The van der Waals surface area contributed by atoms with Crippen LogP contribution in [0.4, 0.5) is 4.39 Å². The second-order valence-electron chi connectivity index (χ2n) is 4.25. The molecule has 0 radical (unpaired) electrons. The highest BCUT2D eigenvalue weighted by Gasteiger charge is 2.13. The third kappa shape index (κ3) is 2.37. The Hall–Kier alpha value is -1.84. The van der Waals surface area contributed by atoms with Gasteiger partial charge in [-0.05, 0) is 37.6 Å². The molecule has 1 aromatic carbocycles. The summed E-state index contributed by atoms with van der Waals surface area (Å²) in [5.41, 5.74) is 1.65. The fraction of sp³-hybridized carbons (Fsp3) is 0.357. The van der Waals surface area contributed by atoms with E-state index in [1.165, 1.54) is 12.1 Å². The molecular weight excluding hydrogens is 231 g/mol. The number of carbonyl (C=O) groups excluding carboxylic acids is 1. The molecule has 2 aromatic rings. The summed E-state index contributed by atoms with van der Waals surface area (Å²) in [6, 6.07) is 4.58. The molecule has 1 aromatic heterocycles. The van der Waals surface area contributed by atoms with Crippen molar-refractivity contribution in [3.8, 4) is 0 Å². The number of hydrogen-bond donors (Lipinski definition) is 1. The Morgan fingerprint density at radius 2 is 2.06 bits per heavy atom. The van der Waals surface area contributed by atoms with Crippen LogP contribution in [0.1, 0.15) is 19.4 Å². The van der Waals surface area contributed by atoms with Crippen molar-refractivity contribution in [3.05, 3.63) is 35.8 Å². The van der Waals surface area contributed by atoms with Crippen LogP contribution in [0.15, 0.2) is 24.4 Å². The number of aromatic amines is 1. The SMILES string of the molecule is CCN(CC)C(=O)Cc1c[nH]c2cc(F)ccc12. The summed E-state index contributed by atoms with van der Waals surface area (Å²) in [6.07, 6.45) is 2.14. The van der Waals surface area contributed by atoms with Crippen molar-refractivity contribution in [1.29, 1.82) is 0 Å². The van der Waals surface area contributed by atoms with Crippen molar-refractivity contribution in [3.63, 3.8) is 0 Å². The standard InChI is InChI=1S/C14H17FN2O/c1-3-17(4-2)14(18)7-10-9-16-13-8-11(15)5-6-12(10)13/h5-6,8-9,16H,3-4,7H2,1-2H3. The van der Waals surface area contributed by atoms with Crippen LogP contribution in [0, 0.1) is 5.82 Å². The molecule has 18 heavy (non-hydrogen) atoms. The van der Waals surface area contributed by atoms with E-state index in [0.29, 0.717) is 19.5 Å². The average Bonchev–Trinajstić information content (AvgIpc) is 2.73. The van der Waals surface area contributed by atoms with Crippen LogP contribution in [0.3, 0.4) is 0 Å². The zero-order chi connectivity index (χ0) is 13.1. The maximum absolute atomic E-state index is 13.1. The number of nitrogens with one attached hydrogen (secondary N) is 1. The first-order valence-corrected chi connectivity index (χ1v) is 6.19. The minimum atomic E-state index is -0.272. The normalized spacial score (nSPS) is 10.8. The van der Waals surface area contributed by atoms with Crippen LogP contribution in [0.2, 0.25) is 0 Å². The van der Waals surface area contributed by atoms with Gasteiger partial charge in [-0.3, -0.25) is 4.79 Å². The van der Waals surface area contributed by atoms with Crippen molar-refractivity contribution in [1.82, 2.24) is 9.88 Å². The second kappa shape index (κ2) is 5.21. The largest absolute Gasteiger partial charge is 0.361 e. The molecule has 1 amide bonds. The smallest absolute Gasteiger partial charge is 0.227 e. The molecule has 0 atom stereocenters. The number of benzene rings is 1. The Balaban J connectivity index is 2.24. The van der Waals surface area contributed by atoms with Gasteiger partial charge in [0.2, 0.25) is 5.91 Å². The summed E-state index contributed by atoms with van der Waals surface area (Å²) in [5, 5.41) is 0.914. The lowest BCUT2D eigenvalue weighted by molar-refractivity contribution is -0.130. The maximum Gasteiger partial charge on any atom is 0.227 e. The van der Waals surface area contributed by atoms with Crippen LogP contribution in [0.5, 0.6) is 0 Å². The van der Waals surface area contributed by atoms with E-state index >= 15 is 0 Å². The summed E-state index contributed by atoms with van der Waals surface area (Å²) in [6.45, 7) is 5.36. The second-order valence-corrected chi connectivity index (χ2v) is 4.25. The zero-order valence-corrected chi connectivity index (χ0v) is 10.7. The third-order valence-electron chi connectivity index (χ3n) is 3.19. The third-order valence-corrected chi connectivity index (χ3v) is 3.19. The van der Waals surface area contributed by atoms with Crippen LogP contribution in [-0.4, -0.2) is 28.9 Å². The fourth-order valence-corrected chi connectivity index (χ4v) is 2.16. The van der Waals surface area contributed by atoms with Crippen molar-refractivity contribution in [2.45, 2.75) is 20.3 Å². The molecular formula is C14H17FN2O. The number of amides is 1. The van der Waals surface area contributed by atoms with Crippen molar-refractivity contribution < 1.29 is 9.18 Å². The van der Waals surface area contributed by atoms with E-state index in [4.69, 9.17) is 0 Å². The highest BCUT2D eigenvalue weighted by atomic mass is 19.1. The van der Waals surface area contributed by atoms with Gasteiger partial charge in [-0.25, -0.2) is 4.39 Å². The summed E-state index contributed by atoms with van der Waals surface area (Å²) < 4.78 is 13.1. The van der Waals surface area contributed by atoms with Gasteiger partial charge in [0.25, 0.3) is 0 Å². The van der Waals surface area contributed by atoms with Gasteiger partial charge in [-0.1, -0.05) is 0 Å². The van der Waals surface area contributed by atoms with Gasteiger partial charge in [-0.2, -0.15) is 0 Å². The minimum absolute atomic E-state index is 0.102. The van der Waals surface area contributed by atoms with Crippen molar-refractivity contribution in [2.75, 3.05) is 13.1 Å². The summed E-state index contributed by atoms with van der Waals surface area (Å²) in [5.74, 6) is -0.170. The zero-order valence-electron chi connectivity index (χ0n) is 10.7. The van der Waals surface area contributed by atoms with E-state index in [2.05, 4.69) is 4.98 Å². The summed E-state index contributed by atoms with van der Waals surface area (Å²) in [4.78, 5) is 16.8. The Labute approximate surface area is 106 Å². The number of fused-ring (bicyclic) bond motifs is 1. The van der Waals surface area contributed by atoms with E-state index in [-0.39, 0.29) is 11.7 Å². The molecule has 0 fully saturated rings. The molecule has 0 aliphatic heterocycles. The molecule has 1 heterocycles. The van der Waals surface area contributed by atoms with Gasteiger partial charge in [-0.15, -0.1) is 0 Å². The Morgan fingerprint density at radius 3 is 2.72 bits per heavy atom. The van der Waals surface area contributed by atoms with Gasteiger partial charge in [0.15, 0.2) is 0 Å². The van der Waals surface area contributed by atoms with Gasteiger partial charge >= 0.3 is 0 Å². The number of likely N-dealkylation sites (N-methyl/N-ethyl adjacent to an activating group) is 1. The lowest BCUT2D eigenvalue weighted by Gasteiger charge is -2.18. The van der Waals surface area contributed by atoms with Gasteiger partial charge < -0.3 is 9.88 Å². The molecule has 0 bridgehead atoms. The van der Waals surface area contributed by atoms with E-state index in [1.807, 2.05) is 13.8 Å². The van der Waals surface area contributed by atoms with Crippen LogP contribution in [-0.2, 0) is 11.2 Å². The Morgan fingerprint density at radius 1 is 1.33 bits per heavy atom. The fourth-order valence-electron chi connectivity index (χ4n) is 2.16. The van der Waals surface area contributed by atoms with Crippen LogP contribution >= 0.6 is 0 Å². The Bertz CT molecular complexity index is 558. The number of hydrogen-bond acceptors (Lipinski definition) is 1. The molecule has 0 unspecified atom stereocenters. The molecule has 4 heteroatoms. The van der Waals surface area contributed by atoms with Crippen LogP contribution in [0.25, 0.3) is 10.9 Å². The molecule has 0 saturated heterocycles. The number of H-pyrrole nitrogens is 1. The summed E-state index contributed by atoms with van der Waals surface area (Å²) in [7, 11) is 0. The van der Waals surface area contributed by atoms with Crippen molar-refractivity contribution >= 4 is 16.8 Å². The number of carbonyl (C=O) groups is 1. The topological polar surface area (TPSA) is 36.1 Å². The molecule has 2 rings (SSSR count). The van der Waals surface area contributed by atoms with E-state index in [9.17, 15) is 9.18 Å². The number of rotatable bonds is 4.